The van der Waals surface area contributed by atoms with Gasteiger partial charge in [-0.2, -0.15) is 8.78 Å². The zero-order valence-electron chi connectivity index (χ0n) is 23.9. The molecule has 13 heteroatoms. The molecule has 4 aromatic rings. The molecule has 0 spiro atoms. The van der Waals surface area contributed by atoms with Crippen molar-refractivity contribution in [1.82, 2.24) is 19.4 Å². The molecular weight excluding hydrogens is 581 g/mol. The minimum Gasteiger partial charge on any atom is -0.481 e. The molecule has 2 atom stereocenters. The number of carboxylic acids is 1. The lowest BCUT2D eigenvalue weighted by Crippen LogP contribution is -2.30. The predicted octanol–water partition coefficient (Wildman–Crippen LogP) is 5.60. The van der Waals surface area contributed by atoms with Crippen LogP contribution < -0.4 is 4.74 Å². The Morgan fingerprint density at radius 3 is 2.57 bits per heavy atom. The van der Waals surface area contributed by atoms with Crippen LogP contribution >= 0.6 is 0 Å². The summed E-state index contributed by atoms with van der Waals surface area (Å²) in [7, 11) is 1.62. The average Bonchev–Trinajstić information content (AvgIpc) is 3.48. The molecule has 1 amide bonds. The van der Waals surface area contributed by atoms with Crippen LogP contribution in [-0.4, -0.2) is 56.0 Å². The summed E-state index contributed by atoms with van der Waals surface area (Å²) in [5.41, 5.74) is 1.28. The Balaban J connectivity index is 1.39. The van der Waals surface area contributed by atoms with E-state index in [9.17, 15) is 23.2 Å². The third kappa shape index (κ3) is 4.91. The number of benzene rings is 2. The highest BCUT2D eigenvalue weighted by molar-refractivity contribution is 5.98. The summed E-state index contributed by atoms with van der Waals surface area (Å²) < 4.78 is 54.4. The molecule has 1 N–H and O–H groups in total. The second-order valence-electron chi connectivity index (χ2n) is 11.3. The molecule has 2 aliphatic rings. The van der Waals surface area contributed by atoms with E-state index in [0.29, 0.717) is 40.1 Å². The monoisotopic (exact) mass is 608 g/mol. The number of aliphatic carboxylic acids is 1. The van der Waals surface area contributed by atoms with E-state index in [1.807, 2.05) is 4.57 Å². The third-order valence-corrected chi connectivity index (χ3v) is 8.10. The second-order valence-corrected chi connectivity index (χ2v) is 11.3. The molecule has 2 aromatic carbocycles. The van der Waals surface area contributed by atoms with Crippen molar-refractivity contribution in [3.8, 4) is 16.9 Å². The van der Waals surface area contributed by atoms with E-state index in [4.69, 9.17) is 14.6 Å². The van der Waals surface area contributed by atoms with Gasteiger partial charge in [0.15, 0.2) is 0 Å². The number of amides is 1. The first kappa shape index (κ1) is 29.1. The SMILES string of the molecule is CN1C(=O)c2cccc(OC(F)F)c2[C@H]2CC1c1nc3cc(F)c(-c4ccc(C(C)(C)OC(=O)CCC(=O)O)nc4)cc3n12. The Bertz CT molecular complexity index is 1820. The number of hydrogen-bond acceptors (Lipinski definition) is 7. The lowest BCUT2D eigenvalue weighted by molar-refractivity contribution is -0.159. The van der Waals surface area contributed by atoms with Gasteiger partial charge in [-0.25, -0.2) is 9.37 Å². The number of esters is 1. The average molecular weight is 609 g/mol. The van der Waals surface area contributed by atoms with Crippen LogP contribution in [0.1, 0.15) is 72.6 Å². The zero-order valence-corrected chi connectivity index (χ0v) is 23.9. The maximum absolute atomic E-state index is 15.5. The van der Waals surface area contributed by atoms with Crippen LogP contribution in [0.3, 0.4) is 0 Å². The summed E-state index contributed by atoms with van der Waals surface area (Å²) in [6.07, 6.45) is 1.17. The number of rotatable bonds is 8. The molecular formula is C31H27F3N4O6. The van der Waals surface area contributed by atoms with Gasteiger partial charge in [-0.05, 0) is 38.1 Å². The van der Waals surface area contributed by atoms with E-state index >= 15 is 4.39 Å². The number of aromatic nitrogens is 3. The van der Waals surface area contributed by atoms with Gasteiger partial charge in [0.05, 0.1) is 41.7 Å². The fourth-order valence-corrected chi connectivity index (χ4v) is 6.03. The molecule has 1 unspecified atom stereocenters. The van der Waals surface area contributed by atoms with Gasteiger partial charge in [0.25, 0.3) is 5.91 Å². The van der Waals surface area contributed by atoms with Crippen LogP contribution in [0.5, 0.6) is 5.75 Å². The third-order valence-electron chi connectivity index (χ3n) is 8.10. The Hall–Kier alpha value is -4.94. The smallest absolute Gasteiger partial charge is 0.387 e. The molecule has 0 saturated heterocycles. The molecule has 0 aliphatic carbocycles. The minimum atomic E-state index is -3.09. The number of fused-ring (bicyclic) bond motifs is 9. The largest absolute Gasteiger partial charge is 0.481 e. The fraction of sp³-hybridized carbons (Fsp3) is 0.323. The highest BCUT2D eigenvalue weighted by Crippen LogP contribution is 2.50. The maximum Gasteiger partial charge on any atom is 0.387 e. The summed E-state index contributed by atoms with van der Waals surface area (Å²) in [5.74, 6) is -2.32. The number of nitrogens with zero attached hydrogens (tertiary/aromatic N) is 4. The molecule has 2 aliphatic heterocycles. The first-order valence-electron chi connectivity index (χ1n) is 13.8. The number of carbonyl (C=O) groups is 3. The van der Waals surface area contributed by atoms with Gasteiger partial charge in [-0.3, -0.25) is 19.4 Å². The molecule has 2 aromatic heterocycles. The summed E-state index contributed by atoms with van der Waals surface area (Å²) in [6.45, 7) is 0.132. The van der Waals surface area contributed by atoms with Crippen LogP contribution in [-0.2, 0) is 19.9 Å². The Morgan fingerprint density at radius 2 is 1.89 bits per heavy atom. The highest BCUT2D eigenvalue weighted by atomic mass is 19.3. The quantitative estimate of drug-likeness (QED) is 0.257. The van der Waals surface area contributed by atoms with Gasteiger partial charge in [-0.15, -0.1) is 0 Å². The molecule has 0 fully saturated rings. The van der Waals surface area contributed by atoms with Crippen molar-refractivity contribution in [2.75, 3.05) is 7.05 Å². The lowest BCUT2D eigenvalue weighted by atomic mass is 9.97. The summed E-state index contributed by atoms with van der Waals surface area (Å²) in [4.78, 5) is 46.8. The van der Waals surface area contributed by atoms with Gasteiger partial charge in [-0.1, -0.05) is 12.1 Å². The number of hydrogen-bond donors (Lipinski definition) is 1. The summed E-state index contributed by atoms with van der Waals surface area (Å²) in [5, 5.41) is 8.80. The Kier molecular flexibility index (Phi) is 7.05. The number of ether oxygens (including phenoxy) is 2. The number of alkyl halides is 2. The highest BCUT2D eigenvalue weighted by Gasteiger charge is 2.45. The van der Waals surface area contributed by atoms with Crippen LogP contribution in [0.2, 0.25) is 0 Å². The minimum absolute atomic E-state index is 0.104. The number of halogens is 3. The van der Waals surface area contributed by atoms with E-state index in [1.165, 1.54) is 29.3 Å². The number of pyridine rings is 1. The van der Waals surface area contributed by atoms with Gasteiger partial charge < -0.3 is 24.0 Å². The van der Waals surface area contributed by atoms with Gasteiger partial charge in [0.2, 0.25) is 0 Å². The van der Waals surface area contributed by atoms with Crippen molar-refractivity contribution in [1.29, 1.82) is 0 Å². The van der Waals surface area contributed by atoms with Crippen LogP contribution in [0.4, 0.5) is 13.2 Å². The normalized spacial score (nSPS) is 17.4. The first-order valence-corrected chi connectivity index (χ1v) is 13.8. The number of imidazole rings is 1. The van der Waals surface area contributed by atoms with E-state index in [2.05, 4.69) is 9.97 Å². The number of carbonyl (C=O) groups excluding carboxylic acids is 2. The molecule has 0 radical (unpaired) electrons. The molecule has 44 heavy (non-hydrogen) atoms. The van der Waals surface area contributed by atoms with Crippen molar-refractivity contribution in [2.45, 2.75) is 57.4 Å². The van der Waals surface area contributed by atoms with Crippen LogP contribution in [0, 0.1) is 5.82 Å². The summed E-state index contributed by atoms with van der Waals surface area (Å²) >= 11 is 0. The van der Waals surface area contributed by atoms with E-state index in [1.54, 1.807) is 45.2 Å². The Labute approximate surface area is 249 Å². The topological polar surface area (TPSA) is 124 Å². The standard InChI is InChI=1S/C31H27F3N4O6/c1-31(2,44-26(41)10-9-25(39)40)24-8-7-15(14-35-24)17-11-20-19(12-18(17)32)36-28-22-13-21(38(20)28)27-16(29(42)37(22)3)5-4-6-23(27)43-30(33)34/h4-8,11-12,14,21-22,30H,9-10,13H2,1-3H3,(H,39,40)/t21-,22?/m1/s1. The van der Waals surface area contributed by atoms with Crippen LogP contribution in [0.15, 0.2) is 48.7 Å². The zero-order chi connectivity index (χ0) is 31.5. The second kappa shape index (κ2) is 10.6. The van der Waals surface area contributed by atoms with Crippen molar-refractivity contribution in [2.24, 2.45) is 0 Å². The maximum atomic E-state index is 15.5. The molecule has 228 valence electrons. The van der Waals surface area contributed by atoms with Crippen molar-refractivity contribution < 1.29 is 42.1 Å². The predicted molar refractivity (Wildman–Crippen MR) is 150 cm³/mol. The van der Waals surface area contributed by atoms with Crippen molar-refractivity contribution in [3.05, 3.63) is 77.1 Å². The van der Waals surface area contributed by atoms with E-state index in [-0.39, 0.29) is 35.6 Å². The number of carboxylic acid groups (broad SMARTS) is 1. The fourth-order valence-electron chi connectivity index (χ4n) is 6.03. The van der Waals surface area contributed by atoms with Gasteiger partial charge in [0.1, 0.15) is 23.0 Å². The molecule has 4 heterocycles. The van der Waals surface area contributed by atoms with Gasteiger partial charge in [0, 0.05) is 48.0 Å². The van der Waals surface area contributed by atoms with Crippen molar-refractivity contribution >= 4 is 28.9 Å². The van der Waals surface area contributed by atoms with Gasteiger partial charge >= 0.3 is 18.6 Å². The summed E-state index contributed by atoms with van der Waals surface area (Å²) in [6, 6.07) is 9.55. The molecule has 2 bridgehead atoms. The van der Waals surface area contributed by atoms with Crippen LogP contribution in [0.25, 0.3) is 22.2 Å². The lowest BCUT2D eigenvalue weighted by Gasteiger charge is -2.25. The molecule has 10 nitrogen and oxygen atoms in total. The Morgan fingerprint density at radius 1 is 1.11 bits per heavy atom. The van der Waals surface area contributed by atoms with E-state index in [0.717, 1.165) is 0 Å². The van der Waals surface area contributed by atoms with Crippen molar-refractivity contribution in [3.63, 3.8) is 0 Å². The first-order chi connectivity index (χ1) is 20.9. The van der Waals surface area contributed by atoms with E-state index < -0.39 is 42.1 Å². The molecule has 6 rings (SSSR count). The molecule has 0 saturated carbocycles.